The van der Waals surface area contributed by atoms with E-state index in [9.17, 15) is 0 Å². The van der Waals surface area contributed by atoms with Gasteiger partial charge in [0.1, 0.15) is 0 Å². The lowest BCUT2D eigenvalue weighted by Crippen LogP contribution is -2.16. The van der Waals surface area contributed by atoms with Gasteiger partial charge in [0.25, 0.3) is 0 Å². The largest absolute Gasteiger partial charge is 0.374 e. The molecule has 0 saturated carbocycles. The third-order valence-corrected chi connectivity index (χ3v) is 2.44. The molecule has 1 rings (SSSR count). The van der Waals surface area contributed by atoms with Crippen molar-refractivity contribution in [2.75, 3.05) is 11.1 Å². The predicted octanol–water partition coefficient (Wildman–Crippen LogP) is 1.72. The van der Waals surface area contributed by atoms with Crippen LogP contribution >= 0.6 is 11.3 Å². The minimum absolute atomic E-state index is 0.484. The van der Waals surface area contributed by atoms with Gasteiger partial charge in [-0.3, -0.25) is 0 Å². The average Bonchev–Trinajstić information content (AvgIpc) is 2.47. The quantitative estimate of drug-likeness (QED) is 0.751. The van der Waals surface area contributed by atoms with Gasteiger partial charge in [0, 0.05) is 6.04 Å². The first-order valence-corrected chi connectivity index (χ1v) is 4.93. The molecule has 5 heteroatoms. The highest BCUT2D eigenvalue weighted by atomic mass is 32.1. The Morgan fingerprint density at radius 2 is 2.08 bits per heavy atom. The van der Waals surface area contributed by atoms with Crippen molar-refractivity contribution in [2.24, 2.45) is 0 Å². The summed E-state index contributed by atoms with van der Waals surface area (Å²) in [7, 11) is 0. The third-order valence-electron chi connectivity index (χ3n) is 1.75. The van der Waals surface area contributed by atoms with Crippen LogP contribution in [0.5, 0.6) is 0 Å². The standard InChI is InChI=1S/C7H14N4S/c1-3-5(4-2)9-7-11-10-6(8)12-7/h5H,3-4H2,1-2H3,(H2,8,10)(H,9,11). The number of nitrogens with two attached hydrogens (primary N) is 1. The van der Waals surface area contributed by atoms with Gasteiger partial charge < -0.3 is 11.1 Å². The lowest BCUT2D eigenvalue weighted by atomic mass is 10.2. The highest BCUT2D eigenvalue weighted by molar-refractivity contribution is 7.18. The molecule has 1 aromatic heterocycles. The number of nitrogens with one attached hydrogen (secondary N) is 1. The fourth-order valence-electron chi connectivity index (χ4n) is 0.960. The molecular formula is C7H14N4S. The van der Waals surface area contributed by atoms with Gasteiger partial charge in [0.2, 0.25) is 10.3 Å². The van der Waals surface area contributed by atoms with E-state index in [2.05, 4.69) is 29.4 Å². The normalized spacial score (nSPS) is 10.6. The second-order valence-electron chi connectivity index (χ2n) is 2.60. The Hall–Kier alpha value is -0.840. The van der Waals surface area contributed by atoms with Crippen LogP contribution in [0.2, 0.25) is 0 Å². The summed E-state index contributed by atoms with van der Waals surface area (Å²) in [6, 6.07) is 0.484. The number of nitrogens with zero attached hydrogens (tertiary/aromatic N) is 2. The maximum Gasteiger partial charge on any atom is 0.207 e. The zero-order valence-electron chi connectivity index (χ0n) is 7.37. The number of anilines is 2. The van der Waals surface area contributed by atoms with E-state index >= 15 is 0 Å². The molecule has 0 fully saturated rings. The van der Waals surface area contributed by atoms with Crippen LogP contribution in [0.25, 0.3) is 0 Å². The van der Waals surface area contributed by atoms with E-state index < -0.39 is 0 Å². The van der Waals surface area contributed by atoms with Crippen LogP contribution in [0, 0.1) is 0 Å². The molecule has 68 valence electrons. The van der Waals surface area contributed by atoms with E-state index in [1.165, 1.54) is 11.3 Å². The van der Waals surface area contributed by atoms with E-state index in [1.807, 2.05) is 0 Å². The zero-order chi connectivity index (χ0) is 8.97. The highest BCUT2D eigenvalue weighted by Gasteiger charge is 2.05. The predicted molar refractivity (Wildman–Crippen MR) is 52.3 cm³/mol. The Balaban J connectivity index is 2.50. The summed E-state index contributed by atoms with van der Waals surface area (Å²) in [5.41, 5.74) is 5.44. The van der Waals surface area contributed by atoms with Crippen molar-refractivity contribution in [3.05, 3.63) is 0 Å². The zero-order valence-corrected chi connectivity index (χ0v) is 8.19. The summed E-state index contributed by atoms with van der Waals surface area (Å²) >= 11 is 1.39. The molecule has 0 unspecified atom stereocenters. The SMILES string of the molecule is CCC(CC)Nc1nnc(N)s1. The topological polar surface area (TPSA) is 63.8 Å². The van der Waals surface area contributed by atoms with E-state index in [0.717, 1.165) is 18.0 Å². The molecule has 0 radical (unpaired) electrons. The van der Waals surface area contributed by atoms with Crippen molar-refractivity contribution in [1.29, 1.82) is 0 Å². The molecule has 3 N–H and O–H groups in total. The van der Waals surface area contributed by atoms with E-state index in [0.29, 0.717) is 11.2 Å². The molecule has 1 aromatic rings. The summed E-state index contributed by atoms with van der Waals surface area (Å²) in [6.45, 7) is 4.29. The van der Waals surface area contributed by atoms with Gasteiger partial charge in [-0.1, -0.05) is 25.2 Å². The molecule has 0 aliphatic rings. The first-order chi connectivity index (χ1) is 5.76. The maximum absolute atomic E-state index is 5.44. The van der Waals surface area contributed by atoms with Crippen LogP contribution in [-0.2, 0) is 0 Å². The van der Waals surface area contributed by atoms with Gasteiger partial charge in [-0.15, -0.1) is 10.2 Å². The Morgan fingerprint density at radius 3 is 2.50 bits per heavy atom. The van der Waals surface area contributed by atoms with Crippen LogP contribution in [0.3, 0.4) is 0 Å². The van der Waals surface area contributed by atoms with Gasteiger partial charge in [0.05, 0.1) is 0 Å². The number of nitrogen functional groups attached to an aromatic ring is 1. The van der Waals surface area contributed by atoms with Crippen LogP contribution < -0.4 is 11.1 Å². The van der Waals surface area contributed by atoms with Crippen molar-refractivity contribution < 1.29 is 0 Å². The number of hydrogen-bond donors (Lipinski definition) is 2. The van der Waals surface area contributed by atoms with Crippen LogP contribution in [0.15, 0.2) is 0 Å². The van der Waals surface area contributed by atoms with E-state index in [4.69, 9.17) is 5.73 Å². The summed E-state index contributed by atoms with van der Waals surface area (Å²) in [5, 5.41) is 12.2. The summed E-state index contributed by atoms with van der Waals surface area (Å²) in [6.07, 6.45) is 2.19. The van der Waals surface area contributed by atoms with E-state index in [1.54, 1.807) is 0 Å². The maximum atomic E-state index is 5.44. The molecule has 0 saturated heterocycles. The van der Waals surface area contributed by atoms with Crippen LogP contribution in [0.4, 0.5) is 10.3 Å². The Bertz CT molecular complexity index is 231. The Morgan fingerprint density at radius 1 is 1.42 bits per heavy atom. The van der Waals surface area contributed by atoms with E-state index in [-0.39, 0.29) is 0 Å². The molecule has 0 aliphatic carbocycles. The highest BCUT2D eigenvalue weighted by Crippen LogP contribution is 2.18. The lowest BCUT2D eigenvalue weighted by Gasteiger charge is -2.12. The minimum atomic E-state index is 0.484. The second-order valence-corrected chi connectivity index (χ2v) is 3.61. The molecule has 0 aliphatic heterocycles. The summed E-state index contributed by atoms with van der Waals surface area (Å²) < 4.78 is 0. The second kappa shape index (κ2) is 4.25. The summed E-state index contributed by atoms with van der Waals surface area (Å²) in [5.74, 6) is 0. The fourth-order valence-corrected chi connectivity index (χ4v) is 1.55. The molecule has 12 heavy (non-hydrogen) atoms. The molecule has 0 atom stereocenters. The summed E-state index contributed by atoms with van der Waals surface area (Å²) in [4.78, 5) is 0. The van der Waals surface area contributed by atoms with Gasteiger partial charge in [-0.05, 0) is 12.8 Å². The smallest absolute Gasteiger partial charge is 0.207 e. The monoisotopic (exact) mass is 186 g/mol. The first-order valence-electron chi connectivity index (χ1n) is 4.11. The molecule has 1 heterocycles. The Labute approximate surface area is 76.2 Å². The number of aromatic nitrogens is 2. The molecular weight excluding hydrogens is 172 g/mol. The Kier molecular flexibility index (Phi) is 3.28. The molecule has 0 bridgehead atoms. The van der Waals surface area contributed by atoms with Crippen LogP contribution in [0.1, 0.15) is 26.7 Å². The minimum Gasteiger partial charge on any atom is -0.374 e. The van der Waals surface area contributed by atoms with Crippen molar-refractivity contribution in [1.82, 2.24) is 10.2 Å². The van der Waals surface area contributed by atoms with Crippen molar-refractivity contribution in [2.45, 2.75) is 32.7 Å². The average molecular weight is 186 g/mol. The number of rotatable bonds is 4. The van der Waals surface area contributed by atoms with Gasteiger partial charge in [0.15, 0.2) is 0 Å². The molecule has 0 spiro atoms. The van der Waals surface area contributed by atoms with Crippen molar-refractivity contribution in [3.63, 3.8) is 0 Å². The van der Waals surface area contributed by atoms with Gasteiger partial charge in [-0.2, -0.15) is 0 Å². The van der Waals surface area contributed by atoms with Crippen molar-refractivity contribution in [3.8, 4) is 0 Å². The van der Waals surface area contributed by atoms with Gasteiger partial charge in [-0.25, -0.2) is 0 Å². The molecule has 0 aromatic carbocycles. The van der Waals surface area contributed by atoms with Crippen molar-refractivity contribution >= 4 is 21.6 Å². The first kappa shape index (κ1) is 9.25. The van der Waals surface area contributed by atoms with Crippen LogP contribution in [-0.4, -0.2) is 16.2 Å². The fraction of sp³-hybridized carbons (Fsp3) is 0.714. The lowest BCUT2D eigenvalue weighted by molar-refractivity contribution is 0.670. The third kappa shape index (κ3) is 2.34. The molecule has 0 amide bonds. The number of hydrogen-bond acceptors (Lipinski definition) is 5. The van der Waals surface area contributed by atoms with Gasteiger partial charge >= 0.3 is 0 Å². The molecule has 4 nitrogen and oxygen atoms in total.